The number of halogens is 3. The Morgan fingerprint density at radius 1 is 1.22 bits per heavy atom. The zero-order valence-corrected chi connectivity index (χ0v) is 13.2. The third-order valence-corrected chi connectivity index (χ3v) is 3.30. The van der Waals surface area contributed by atoms with Crippen molar-refractivity contribution in [3.05, 3.63) is 23.9 Å². The molecule has 2 rings (SSSR count). The molecule has 1 aliphatic rings. The van der Waals surface area contributed by atoms with Crippen LogP contribution in [0, 0.1) is 0 Å². The molecule has 1 aliphatic carbocycles. The maximum atomic E-state index is 12.4. The number of nitrogens with one attached hydrogen (secondary N) is 2. The lowest BCUT2D eigenvalue weighted by molar-refractivity contribution is -0.137. The van der Waals surface area contributed by atoms with E-state index in [2.05, 4.69) is 15.6 Å². The number of nitrogens with zero attached hydrogens (tertiary/aromatic N) is 1. The van der Waals surface area contributed by atoms with Crippen molar-refractivity contribution in [3.8, 4) is 0 Å². The number of rotatable bonds is 3. The van der Waals surface area contributed by atoms with Gasteiger partial charge in [0.25, 0.3) is 0 Å². The summed E-state index contributed by atoms with van der Waals surface area (Å²) >= 11 is 0. The SMILES string of the molecule is CC(C)(C)OC(=O)N[C@H]1C[C@H](Nc2ccc(C(F)(F)F)cn2)C1. The Morgan fingerprint density at radius 3 is 2.35 bits per heavy atom. The highest BCUT2D eigenvalue weighted by molar-refractivity contribution is 5.68. The third-order valence-electron chi connectivity index (χ3n) is 3.30. The molecule has 1 aromatic rings. The molecule has 0 radical (unpaired) electrons. The first-order valence-electron chi connectivity index (χ1n) is 7.32. The number of carbonyl (C=O) groups excluding carboxylic acids is 1. The lowest BCUT2D eigenvalue weighted by atomic mass is 9.87. The zero-order chi connectivity index (χ0) is 17.3. The first-order chi connectivity index (χ1) is 10.5. The predicted molar refractivity (Wildman–Crippen MR) is 79.0 cm³/mol. The van der Waals surface area contributed by atoms with Gasteiger partial charge in [0, 0.05) is 18.3 Å². The average Bonchev–Trinajstić information content (AvgIpc) is 2.33. The van der Waals surface area contributed by atoms with Crippen molar-refractivity contribution in [1.29, 1.82) is 0 Å². The lowest BCUT2D eigenvalue weighted by Crippen LogP contribution is -2.50. The van der Waals surface area contributed by atoms with E-state index in [-0.39, 0.29) is 12.1 Å². The van der Waals surface area contributed by atoms with Gasteiger partial charge in [0.05, 0.1) is 5.56 Å². The van der Waals surface area contributed by atoms with Crippen LogP contribution in [0.3, 0.4) is 0 Å². The molecule has 128 valence electrons. The molecule has 8 heteroatoms. The van der Waals surface area contributed by atoms with Crippen molar-refractivity contribution < 1.29 is 22.7 Å². The number of alkyl halides is 3. The first kappa shape index (κ1) is 17.4. The van der Waals surface area contributed by atoms with Crippen molar-refractivity contribution in [2.24, 2.45) is 0 Å². The molecule has 1 aromatic heterocycles. The van der Waals surface area contributed by atoms with Gasteiger partial charge in [-0.15, -0.1) is 0 Å². The van der Waals surface area contributed by atoms with E-state index >= 15 is 0 Å². The second kappa shape index (κ2) is 6.25. The summed E-state index contributed by atoms with van der Waals surface area (Å²) in [6.07, 6.45) is -2.71. The normalized spacial score (nSPS) is 21.3. The van der Waals surface area contributed by atoms with Crippen molar-refractivity contribution in [2.75, 3.05) is 5.32 Å². The Kier molecular flexibility index (Phi) is 4.72. The molecule has 1 saturated carbocycles. The zero-order valence-electron chi connectivity index (χ0n) is 13.2. The minimum atomic E-state index is -4.38. The molecule has 1 amide bonds. The van der Waals surface area contributed by atoms with Crippen LogP contribution in [-0.4, -0.2) is 28.8 Å². The quantitative estimate of drug-likeness (QED) is 0.889. The minimum Gasteiger partial charge on any atom is -0.444 e. The van der Waals surface area contributed by atoms with Gasteiger partial charge < -0.3 is 15.4 Å². The third kappa shape index (κ3) is 5.30. The van der Waals surface area contributed by atoms with Crippen LogP contribution in [0.15, 0.2) is 18.3 Å². The average molecular weight is 331 g/mol. The maximum absolute atomic E-state index is 12.4. The molecule has 23 heavy (non-hydrogen) atoms. The van der Waals surface area contributed by atoms with Gasteiger partial charge in [0.15, 0.2) is 0 Å². The van der Waals surface area contributed by atoms with E-state index in [0.717, 1.165) is 12.3 Å². The second-order valence-electron chi connectivity index (χ2n) is 6.59. The lowest BCUT2D eigenvalue weighted by Gasteiger charge is -2.36. The molecule has 5 nitrogen and oxygen atoms in total. The number of hydrogen-bond acceptors (Lipinski definition) is 4. The highest BCUT2D eigenvalue weighted by Crippen LogP contribution is 2.29. The van der Waals surface area contributed by atoms with Crippen molar-refractivity contribution >= 4 is 11.9 Å². The second-order valence-corrected chi connectivity index (χ2v) is 6.59. The Bertz CT molecular complexity index is 547. The van der Waals surface area contributed by atoms with Crippen LogP contribution in [0.5, 0.6) is 0 Å². The summed E-state index contributed by atoms with van der Waals surface area (Å²) in [6, 6.07) is 2.36. The van der Waals surface area contributed by atoms with Crippen molar-refractivity contribution in [3.63, 3.8) is 0 Å². The molecule has 0 spiro atoms. The predicted octanol–water partition coefficient (Wildman–Crippen LogP) is 3.57. The molecule has 0 unspecified atom stereocenters. The van der Waals surface area contributed by atoms with Gasteiger partial charge in [-0.25, -0.2) is 9.78 Å². The molecule has 1 fully saturated rings. The Labute approximate surface area is 132 Å². The summed E-state index contributed by atoms with van der Waals surface area (Å²) < 4.78 is 42.5. The number of alkyl carbamates (subject to hydrolysis) is 1. The molecular formula is C15H20F3N3O2. The molecule has 0 aromatic carbocycles. The summed E-state index contributed by atoms with van der Waals surface area (Å²) in [4.78, 5) is 15.3. The van der Waals surface area contributed by atoms with Crippen LogP contribution in [0.1, 0.15) is 39.2 Å². The molecule has 0 aliphatic heterocycles. The van der Waals surface area contributed by atoms with Gasteiger partial charge in [-0.05, 0) is 45.7 Å². The van der Waals surface area contributed by atoms with Crippen molar-refractivity contribution in [1.82, 2.24) is 10.3 Å². The van der Waals surface area contributed by atoms with Crippen LogP contribution < -0.4 is 10.6 Å². The van der Waals surface area contributed by atoms with E-state index < -0.39 is 23.4 Å². The monoisotopic (exact) mass is 331 g/mol. The van der Waals surface area contributed by atoms with Crippen LogP contribution in [0.4, 0.5) is 23.8 Å². The van der Waals surface area contributed by atoms with Gasteiger partial charge in [-0.2, -0.15) is 13.2 Å². The van der Waals surface area contributed by atoms with Gasteiger partial charge in [-0.3, -0.25) is 0 Å². The summed E-state index contributed by atoms with van der Waals surface area (Å²) in [7, 11) is 0. The van der Waals surface area contributed by atoms with Crippen LogP contribution in [0.2, 0.25) is 0 Å². The number of ether oxygens (including phenoxy) is 1. The van der Waals surface area contributed by atoms with E-state index in [9.17, 15) is 18.0 Å². The number of pyridine rings is 1. The highest BCUT2D eigenvalue weighted by atomic mass is 19.4. The highest BCUT2D eigenvalue weighted by Gasteiger charge is 2.33. The fourth-order valence-corrected chi connectivity index (χ4v) is 2.18. The van der Waals surface area contributed by atoms with E-state index in [1.807, 2.05) is 0 Å². The molecular weight excluding hydrogens is 311 g/mol. The number of hydrogen-bond donors (Lipinski definition) is 2. The molecule has 0 saturated heterocycles. The number of anilines is 1. The number of carbonyl (C=O) groups is 1. The van der Waals surface area contributed by atoms with Gasteiger partial charge >= 0.3 is 12.3 Å². The smallest absolute Gasteiger partial charge is 0.417 e. The van der Waals surface area contributed by atoms with Gasteiger partial charge in [-0.1, -0.05) is 0 Å². The van der Waals surface area contributed by atoms with Gasteiger partial charge in [0.1, 0.15) is 11.4 Å². The molecule has 0 atom stereocenters. The van der Waals surface area contributed by atoms with Crippen LogP contribution in [0.25, 0.3) is 0 Å². The summed E-state index contributed by atoms with van der Waals surface area (Å²) in [5, 5.41) is 5.79. The van der Waals surface area contributed by atoms with E-state index in [0.29, 0.717) is 18.7 Å². The van der Waals surface area contributed by atoms with Crippen molar-refractivity contribution in [2.45, 2.75) is 57.5 Å². The number of amides is 1. The summed E-state index contributed by atoms with van der Waals surface area (Å²) in [5.74, 6) is 0.388. The Balaban J connectivity index is 1.75. The fraction of sp³-hybridized carbons (Fsp3) is 0.600. The first-order valence-corrected chi connectivity index (χ1v) is 7.32. The molecule has 2 N–H and O–H groups in total. The van der Waals surface area contributed by atoms with Crippen LogP contribution in [-0.2, 0) is 10.9 Å². The summed E-state index contributed by atoms with van der Waals surface area (Å²) in [5.41, 5.74) is -1.32. The topological polar surface area (TPSA) is 63.2 Å². The Morgan fingerprint density at radius 2 is 1.87 bits per heavy atom. The van der Waals surface area contributed by atoms with E-state index in [1.165, 1.54) is 6.07 Å². The summed E-state index contributed by atoms with van der Waals surface area (Å²) in [6.45, 7) is 5.36. The molecule has 0 bridgehead atoms. The minimum absolute atomic E-state index is 0.00296. The van der Waals surface area contributed by atoms with Gasteiger partial charge in [0.2, 0.25) is 0 Å². The van der Waals surface area contributed by atoms with E-state index in [4.69, 9.17) is 4.74 Å². The maximum Gasteiger partial charge on any atom is 0.417 e. The standard InChI is InChI=1S/C15H20F3N3O2/c1-14(2,3)23-13(22)21-11-6-10(7-11)20-12-5-4-9(8-19-12)15(16,17)18/h4-5,8,10-11H,6-7H2,1-3H3,(H,19,20)(H,21,22)/t10-,11-. The van der Waals surface area contributed by atoms with Crippen LogP contribution >= 0.6 is 0 Å². The largest absolute Gasteiger partial charge is 0.444 e. The Hall–Kier alpha value is -1.99. The molecule has 1 heterocycles. The fourth-order valence-electron chi connectivity index (χ4n) is 2.18. The number of aromatic nitrogens is 1. The van der Waals surface area contributed by atoms with E-state index in [1.54, 1.807) is 20.8 Å².